The third-order valence-corrected chi connectivity index (χ3v) is 11.9. The Hall–Kier alpha value is -5.32. The number of aromatic carboxylic acids is 1. The molecule has 292 valence electrons. The zero-order chi connectivity index (χ0) is 40.6. The molecule has 2 aliphatic rings. The number of aliphatic carboxylic acids is 1. The number of hydrogen-bond donors (Lipinski definition) is 7. The van der Waals surface area contributed by atoms with Crippen molar-refractivity contribution in [3.8, 4) is 11.5 Å². The second kappa shape index (κ2) is 15.8. The van der Waals surface area contributed by atoms with Gasteiger partial charge in [0.25, 0.3) is 26.1 Å². The molecule has 2 aliphatic heterocycles. The number of nitrogen functional groups attached to an aromatic ring is 1. The number of carbonyl (C=O) groups excluding carboxylic acids is 3. The summed E-state index contributed by atoms with van der Waals surface area (Å²) in [5.41, 5.74) is 9.43. The van der Waals surface area contributed by atoms with Gasteiger partial charge in [0, 0.05) is 52.7 Å². The lowest BCUT2D eigenvalue weighted by atomic mass is 9.86. The van der Waals surface area contributed by atoms with Crippen LogP contribution in [0.25, 0.3) is 12.2 Å². The maximum atomic E-state index is 13.8. The zero-order valence-corrected chi connectivity index (χ0v) is 31.0. The quantitative estimate of drug-likeness (QED) is 0.0369. The molecule has 0 aliphatic carbocycles. The molecule has 2 heterocycles. The lowest BCUT2D eigenvalue weighted by Gasteiger charge is -2.26. The molecule has 0 saturated carbocycles. The van der Waals surface area contributed by atoms with Gasteiger partial charge in [-0.2, -0.15) is 16.8 Å². The van der Waals surface area contributed by atoms with Crippen molar-refractivity contribution in [3.05, 3.63) is 75.2 Å². The van der Waals surface area contributed by atoms with Gasteiger partial charge in [-0.3, -0.25) is 33.2 Å². The standard InChI is InChI=1S/C34H34N4O14S3/c1-16-8-9-17-25(18-10-11-21(35)30(55(49,50)51)28(18)52-27(17)29(16)54(46,47)48)26-19(6-5-7-20(26)33(42)43)31(40)37-12-3-2-4-13-38-24(39)14-23(32(38)41)53-15-22(36)34(44)45/h5-11,22-23H,1-4,12-15,35-36H2,(H,37,40)(H,42,43)(H,44,45)(H,46,47,48)(H,49,50,51)/t22-,23?/m0/s1. The van der Waals surface area contributed by atoms with Crippen LogP contribution in [0.1, 0.15) is 57.5 Å². The van der Waals surface area contributed by atoms with Crippen LogP contribution in [0.5, 0.6) is 11.5 Å². The number of carboxylic acids is 2. The van der Waals surface area contributed by atoms with E-state index in [-0.39, 0.29) is 58.0 Å². The number of nitrogens with zero attached hydrogens (tertiary/aromatic N) is 1. The maximum absolute atomic E-state index is 13.8. The van der Waals surface area contributed by atoms with Crippen molar-refractivity contribution in [2.45, 2.75) is 46.8 Å². The minimum absolute atomic E-state index is 0.0375. The van der Waals surface area contributed by atoms with Crippen molar-refractivity contribution in [1.29, 1.82) is 0 Å². The highest BCUT2D eigenvalue weighted by atomic mass is 32.2. The molecule has 3 aromatic carbocycles. The first-order valence-electron chi connectivity index (χ1n) is 16.2. The summed E-state index contributed by atoms with van der Waals surface area (Å²) < 4.78 is 76.3. The highest BCUT2D eigenvalue weighted by Gasteiger charge is 2.39. The Balaban J connectivity index is 1.45. The summed E-state index contributed by atoms with van der Waals surface area (Å²) >= 11 is 1.00. The van der Waals surface area contributed by atoms with Crippen LogP contribution in [0.2, 0.25) is 0 Å². The number of ether oxygens (including phenoxy) is 1. The number of nitrogens with one attached hydrogen (secondary N) is 1. The molecule has 55 heavy (non-hydrogen) atoms. The lowest BCUT2D eigenvalue weighted by Crippen LogP contribution is -2.35. The number of thioether (sulfide) groups is 1. The summed E-state index contributed by atoms with van der Waals surface area (Å²) in [6, 6.07) is 7.29. The van der Waals surface area contributed by atoms with E-state index in [1.54, 1.807) is 0 Å². The van der Waals surface area contributed by atoms with E-state index in [4.69, 9.17) is 21.3 Å². The molecule has 2 atom stereocenters. The molecule has 3 amide bonds. The van der Waals surface area contributed by atoms with E-state index in [1.165, 1.54) is 30.3 Å². The number of hydrogen-bond acceptors (Lipinski definition) is 13. The van der Waals surface area contributed by atoms with Crippen molar-refractivity contribution >= 4 is 79.5 Å². The number of fused-ring (bicyclic) bond motifs is 2. The second-order valence-corrected chi connectivity index (χ2v) is 16.4. The third-order valence-electron chi connectivity index (χ3n) is 8.73. The molecule has 0 bridgehead atoms. The predicted octanol–water partition coefficient (Wildman–Crippen LogP) is 0.396. The van der Waals surface area contributed by atoms with Gasteiger partial charge in [-0.05, 0) is 54.8 Å². The number of unbranched alkanes of at least 4 members (excludes halogenated alkanes) is 2. The molecule has 1 fully saturated rings. The van der Waals surface area contributed by atoms with E-state index in [2.05, 4.69) is 11.9 Å². The van der Waals surface area contributed by atoms with Crippen LogP contribution in [0.15, 0.2) is 52.3 Å². The fourth-order valence-corrected chi connectivity index (χ4v) is 8.86. The molecule has 9 N–H and O–H groups in total. The highest BCUT2D eigenvalue weighted by molar-refractivity contribution is 8.00. The number of carbonyl (C=O) groups is 5. The molecule has 3 aromatic rings. The van der Waals surface area contributed by atoms with Crippen LogP contribution in [0.4, 0.5) is 5.69 Å². The number of rotatable bonds is 15. The van der Waals surface area contributed by atoms with Crippen molar-refractivity contribution < 1.29 is 64.9 Å². The summed E-state index contributed by atoms with van der Waals surface area (Å²) in [5.74, 6) is -5.82. The van der Waals surface area contributed by atoms with E-state index in [0.717, 1.165) is 28.8 Å². The maximum Gasteiger partial charge on any atom is 0.336 e. The highest BCUT2D eigenvalue weighted by Crippen LogP contribution is 2.45. The smallest absolute Gasteiger partial charge is 0.336 e. The third kappa shape index (κ3) is 8.35. The Labute approximate surface area is 317 Å². The minimum atomic E-state index is -5.19. The fraction of sp³-hybridized carbons (Fsp3) is 0.265. The molecule has 5 rings (SSSR count). The Kier molecular flexibility index (Phi) is 11.7. The van der Waals surface area contributed by atoms with Crippen molar-refractivity contribution in [2.75, 3.05) is 24.6 Å². The number of nitrogens with two attached hydrogens (primary N) is 2. The topological polar surface area (TPSA) is 311 Å². The molecule has 1 unspecified atom stereocenters. The zero-order valence-electron chi connectivity index (χ0n) is 28.6. The van der Waals surface area contributed by atoms with Gasteiger partial charge in [0.2, 0.25) is 11.8 Å². The van der Waals surface area contributed by atoms with Crippen molar-refractivity contribution in [2.24, 2.45) is 5.73 Å². The van der Waals surface area contributed by atoms with Gasteiger partial charge in [0.05, 0.1) is 16.5 Å². The Morgan fingerprint density at radius 1 is 0.945 bits per heavy atom. The first-order valence-corrected chi connectivity index (χ1v) is 20.2. The van der Waals surface area contributed by atoms with Crippen LogP contribution in [0, 0.1) is 0 Å². The number of imide groups is 1. The van der Waals surface area contributed by atoms with E-state index >= 15 is 0 Å². The number of carboxylic acid groups (broad SMARTS) is 2. The average molecular weight is 819 g/mol. The predicted molar refractivity (Wildman–Crippen MR) is 196 cm³/mol. The van der Waals surface area contributed by atoms with Gasteiger partial charge in [-0.1, -0.05) is 18.7 Å². The van der Waals surface area contributed by atoms with Crippen molar-refractivity contribution in [1.82, 2.24) is 10.2 Å². The molecule has 18 nitrogen and oxygen atoms in total. The molecule has 0 spiro atoms. The van der Waals surface area contributed by atoms with E-state index in [0.29, 0.717) is 19.3 Å². The summed E-state index contributed by atoms with van der Waals surface area (Å²) in [6.45, 7) is 3.73. The van der Waals surface area contributed by atoms with Crippen LogP contribution in [0.3, 0.4) is 0 Å². The number of amides is 3. The SMILES string of the molecule is C=c1ccc2c(c1S(=O)(=O)O)Oc1c(ccc(N)c1S(=O)(=O)O)C=2c1c(C(=O)O)cccc1C(=O)NCCCCCN1C(=O)CC(SC[C@H](N)C(=O)O)C1=O. The minimum Gasteiger partial charge on any atom is -0.480 e. The van der Waals surface area contributed by atoms with Crippen molar-refractivity contribution in [3.63, 3.8) is 0 Å². The van der Waals surface area contributed by atoms with Gasteiger partial charge >= 0.3 is 11.9 Å². The summed E-state index contributed by atoms with van der Waals surface area (Å²) in [4.78, 5) is 61.8. The Morgan fingerprint density at radius 2 is 1.62 bits per heavy atom. The van der Waals surface area contributed by atoms with Gasteiger partial charge in [-0.25, -0.2) is 4.79 Å². The number of benzene rings is 3. The van der Waals surface area contributed by atoms with E-state index in [1.807, 2.05) is 0 Å². The first kappa shape index (κ1) is 40.9. The summed E-state index contributed by atoms with van der Waals surface area (Å²) in [7, 11) is -10.3. The molecular weight excluding hydrogens is 785 g/mol. The van der Waals surface area contributed by atoms with Crippen LogP contribution in [-0.4, -0.2) is 101 Å². The molecular formula is C34H34N4O14S3. The Morgan fingerprint density at radius 3 is 2.25 bits per heavy atom. The number of likely N-dealkylation sites (tertiary alicyclic amines) is 1. The largest absolute Gasteiger partial charge is 0.480 e. The summed E-state index contributed by atoms with van der Waals surface area (Å²) in [5, 5.41) is 20.7. The summed E-state index contributed by atoms with van der Waals surface area (Å²) in [6.07, 6.45) is 1.07. The normalized spacial score (nSPS) is 15.9. The Bertz CT molecular complexity index is 2490. The lowest BCUT2D eigenvalue weighted by molar-refractivity contribution is -0.139. The van der Waals surface area contributed by atoms with Gasteiger partial charge < -0.3 is 31.7 Å². The molecule has 21 heteroatoms. The molecule has 0 radical (unpaired) electrons. The fourth-order valence-electron chi connectivity index (χ4n) is 6.21. The monoisotopic (exact) mass is 818 g/mol. The molecule has 0 aromatic heterocycles. The number of anilines is 1. The van der Waals surface area contributed by atoms with Crippen LogP contribution < -0.4 is 32.0 Å². The van der Waals surface area contributed by atoms with E-state index < -0.39 is 93.7 Å². The van der Waals surface area contributed by atoms with Crippen LogP contribution >= 0.6 is 11.8 Å². The first-order chi connectivity index (χ1) is 25.7. The van der Waals surface area contributed by atoms with Gasteiger partial charge in [0.15, 0.2) is 16.4 Å². The van der Waals surface area contributed by atoms with E-state index in [9.17, 15) is 55.0 Å². The molecule has 1 saturated heterocycles. The second-order valence-electron chi connectivity index (χ2n) is 12.4. The van der Waals surface area contributed by atoms with Gasteiger partial charge in [0.1, 0.15) is 10.9 Å². The van der Waals surface area contributed by atoms with Crippen LogP contribution in [-0.2, 0) is 34.6 Å². The average Bonchev–Trinajstić information content (AvgIpc) is 3.36. The van der Waals surface area contributed by atoms with Gasteiger partial charge in [-0.15, -0.1) is 11.8 Å².